The summed E-state index contributed by atoms with van der Waals surface area (Å²) in [6.45, 7) is 0. The average Bonchev–Trinajstić information content (AvgIpc) is 3.05. The minimum atomic E-state index is -4.59. The van der Waals surface area contributed by atoms with Crippen molar-refractivity contribution in [2.24, 2.45) is 0 Å². The van der Waals surface area contributed by atoms with E-state index in [0.29, 0.717) is 0 Å². The van der Waals surface area contributed by atoms with Gasteiger partial charge in [-0.15, -0.1) is 0 Å². The topological polar surface area (TPSA) is 77.1 Å². The van der Waals surface area contributed by atoms with Crippen molar-refractivity contribution in [2.75, 3.05) is 5.73 Å². The number of nitrogen functional groups attached to an aromatic ring is 1. The second-order valence-electron chi connectivity index (χ2n) is 4.23. The van der Waals surface area contributed by atoms with Crippen molar-refractivity contribution in [2.45, 2.75) is 6.18 Å². The van der Waals surface area contributed by atoms with E-state index in [2.05, 4.69) is 4.98 Å². The lowest BCUT2D eigenvalue weighted by Crippen LogP contribution is -2.14. The van der Waals surface area contributed by atoms with E-state index in [0.717, 1.165) is 17.4 Å². The summed E-state index contributed by atoms with van der Waals surface area (Å²) >= 11 is 0.882. The Morgan fingerprint density at radius 2 is 2.14 bits per heavy atom. The van der Waals surface area contributed by atoms with Gasteiger partial charge in [0.2, 0.25) is 5.69 Å². The quantitative estimate of drug-likeness (QED) is 0.748. The minimum Gasteiger partial charge on any atom is -0.458 e. The number of fused-ring (bicyclic) bond motifs is 1. The number of pyridine rings is 1. The Hall–Kier alpha value is -2.53. The molecule has 3 heterocycles. The fourth-order valence-electron chi connectivity index (χ4n) is 2.05. The van der Waals surface area contributed by atoms with Crippen LogP contribution in [0.2, 0.25) is 0 Å². The number of halogens is 3. The standard InChI is InChI=1S/C13H6F3N3OS/c14-13(15,16)6-4-7(8-2-1-3-20-8)19-12-10(6)11(18)9(5-17)21-12/h1-4H,18H2/p+1. The second kappa shape index (κ2) is 4.49. The molecule has 0 saturated heterocycles. The summed E-state index contributed by atoms with van der Waals surface area (Å²) in [6, 6.07) is 5.85. The van der Waals surface area contributed by atoms with E-state index >= 15 is 0 Å². The Kier molecular flexibility index (Phi) is 2.88. The van der Waals surface area contributed by atoms with E-state index < -0.39 is 11.7 Å². The van der Waals surface area contributed by atoms with E-state index in [1.807, 2.05) is 0 Å². The van der Waals surface area contributed by atoms with Crippen LogP contribution in [0.1, 0.15) is 10.4 Å². The molecular weight excluding hydrogens is 303 g/mol. The summed E-state index contributed by atoms with van der Waals surface area (Å²) in [5.41, 5.74) is 4.78. The number of nitrogens with zero attached hydrogens (tertiary/aromatic N) is 1. The van der Waals surface area contributed by atoms with Crippen LogP contribution < -0.4 is 10.7 Å². The lowest BCUT2D eigenvalue weighted by molar-refractivity contribution is -0.329. The summed E-state index contributed by atoms with van der Waals surface area (Å²) in [5, 5.41) is 8.75. The van der Waals surface area contributed by atoms with Crippen molar-refractivity contribution in [3.63, 3.8) is 0 Å². The first-order valence-electron chi connectivity index (χ1n) is 5.71. The van der Waals surface area contributed by atoms with Gasteiger partial charge in [-0.3, -0.25) is 0 Å². The predicted octanol–water partition coefficient (Wildman–Crippen LogP) is 3.45. The predicted molar refractivity (Wildman–Crippen MR) is 70.2 cm³/mol. The highest BCUT2D eigenvalue weighted by molar-refractivity contribution is 7.19. The second-order valence-corrected chi connectivity index (χ2v) is 5.25. The van der Waals surface area contributed by atoms with Crippen molar-refractivity contribution < 1.29 is 22.6 Å². The lowest BCUT2D eigenvalue weighted by Gasteiger charge is -2.07. The van der Waals surface area contributed by atoms with Gasteiger partial charge < -0.3 is 10.2 Å². The van der Waals surface area contributed by atoms with Crippen molar-refractivity contribution in [3.8, 4) is 17.5 Å². The SMILES string of the molecule is N#Cc1sc2[nH+]c(-c3ccco3)cc(C(F)(F)F)c2c1N. The molecule has 0 aromatic carbocycles. The fourth-order valence-corrected chi connectivity index (χ4v) is 2.99. The number of nitrogens with two attached hydrogens (primary N) is 1. The Morgan fingerprint density at radius 3 is 2.71 bits per heavy atom. The Morgan fingerprint density at radius 1 is 1.38 bits per heavy atom. The Bertz CT molecular complexity index is 860. The van der Waals surface area contributed by atoms with Crippen LogP contribution in [0.3, 0.4) is 0 Å². The van der Waals surface area contributed by atoms with Crippen LogP contribution in [0, 0.1) is 11.3 Å². The third-order valence-electron chi connectivity index (χ3n) is 2.94. The molecule has 106 valence electrons. The third kappa shape index (κ3) is 2.11. The largest absolute Gasteiger partial charge is 0.458 e. The number of rotatable bonds is 1. The summed E-state index contributed by atoms with van der Waals surface area (Å²) in [4.78, 5) is 3.06. The van der Waals surface area contributed by atoms with Gasteiger partial charge in [0.25, 0.3) is 4.83 Å². The molecule has 3 rings (SSSR count). The highest BCUT2D eigenvalue weighted by Gasteiger charge is 2.38. The molecule has 0 fully saturated rings. The summed E-state index contributed by atoms with van der Waals surface area (Å²) in [6.07, 6.45) is -3.22. The van der Waals surface area contributed by atoms with Gasteiger partial charge in [-0.1, -0.05) is 11.3 Å². The normalized spacial score (nSPS) is 11.7. The molecule has 8 heteroatoms. The first kappa shape index (κ1) is 13.5. The number of nitriles is 1. The number of thiophene rings is 1. The molecule has 3 N–H and O–H groups in total. The van der Waals surface area contributed by atoms with Crippen molar-refractivity contribution in [1.29, 1.82) is 5.26 Å². The number of alkyl halides is 3. The molecule has 0 spiro atoms. The molecule has 0 unspecified atom stereocenters. The summed E-state index contributed by atoms with van der Waals surface area (Å²) in [7, 11) is 0. The van der Waals surface area contributed by atoms with E-state index in [1.165, 1.54) is 6.26 Å². The van der Waals surface area contributed by atoms with E-state index in [-0.39, 0.29) is 32.2 Å². The van der Waals surface area contributed by atoms with E-state index in [4.69, 9.17) is 15.4 Å². The first-order valence-corrected chi connectivity index (χ1v) is 6.53. The van der Waals surface area contributed by atoms with Gasteiger partial charge >= 0.3 is 6.18 Å². The fraction of sp³-hybridized carbons (Fsp3) is 0.0769. The third-order valence-corrected chi connectivity index (χ3v) is 3.97. The highest BCUT2D eigenvalue weighted by atomic mass is 32.1. The zero-order chi connectivity index (χ0) is 15.2. The Labute approximate surface area is 120 Å². The molecule has 0 saturated carbocycles. The minimum absolute atomic E-state index is 0.0448. The molecule has 21 heavy (non-hydrogen) atoms. The number of hydrogen-bond donors (Lipinski definition) is 1. The van der Waals surface area contributed by atoms with Crippen LogP contribution >= 0.6 is 11.3 Å². The molecule has 0 atom stereocenters. The zero-order valence-electron chi connectivity index (χ0n) is 10.3. The summed E-state index contributed by atoms with van der Waals surface area (Å²) < 4.78 is 44.9. The number of anilines is 1. The molecule has 0 aliphatic carbocycles. The van der Waals surface area contributed by atoms with Gasteiger partial charge in [0.1, 0.15) is 10.9 Å². The molecule has 0 aliphatic heterocycles. The maximum absolute atomic E-state index is 13.3. The lowest BCUT2D eigenvalue weighted by atomic mass is 10.1. The molecule has 3 aromatic rings. The van der Waals surface area contributed by atoms with E-state index in [9.17, 15) is 13.2 Å². The number of aromatic nitrogens is 1. The number of nitrogens with one attached hydrogen (secondary N) is 1. The number of hydrogen-bond acceptors (Lipinski definition) is 4. The molecule has 0 bridgehead atoms. The number of H-pyrrole nitrogens is 1. The van der Waals surface area contributed by atoms with Crippen LogP contribution in [0.15, 0.2) is 28.9 Å². The molecular formula is C13H7F3N3OS+. The zero-order valence-corrected chi connectivity index (χ0v) is 11.1. The molecule has 4 nitrogen and oxygen atoms in total. The van der Waals surface area contributed by atoms with Gasteiger partial charge in [-0.2, -0.15) is 23.4 Å². The molecule has 0 radical (unpaired) electrons. The van der Waals surface area contributed by atoms with Gasteiger partial charge in [0.15, 0.2) is 5.76 Å². The summed E-state index contributed by atoms with van der Waals surface area (Å²) in [5.74, 6) is 0.271. The maximum Gasteiger partial charge on any atom is 0.417 e. The average molecular weight is 310 g/mol. The van der Waals surface area contributed by atoms with Gasteiger partial charge in [-0.05, 0) is 12.1 Å². The monoisotopic (exact) mass is 310 g/mol. The van der Waals surface area contributed by atoms with Gasteiger partial charge in [0.05, 0.1) is 22.9 Å². The first-order chi connectivity index (χ1) is 9.91. The Balaban J connectivity index is 2.40. The highest BCUT2D eigenvalue weighted by Crippen LogP contribution is 2.41. The van der Waals surface area contributed by atoms with Crippen LogP contribution in [0.5, 0.6) is 0 Å². The van der Waals surface area contributed by atoms with Crippen molar-refractivity contribution in [3.05, 3.63) is 34.9 Å². The van der Waals surface area contributed by atoms with E-state index in [1.54, 1.807) is 18.2 Å². The van der Waals surface area contributed by atoms with Crippen LogP contribution in [0.25, 0.3) is 21.7 Å². The van der Waals surface area contributed by atoms with Gasteiger partial charge in [0, 0.05) is 6.07 Å². The smallest absolute Gasteiger partial charge is 0.417 e. The molecule has 3 aromatic heterocycles. The molecule has 0 aliphatic rings. The van der Waals surface area contributed by atoms with Crippen molar-refractivity contribution >= 4 is 27.2 Å². The van der Waals surface area contributed by atoms with Crippen LogP contribution in [-0.2, 0) is 6.18 Å². The number of aromatic amines is 1. The molecule has 0 amide bonds. The van der Waals surface area contributed by atoms with Crippen LogP contribution in [0.4, 0.5) is 18.9 Å². The maximum atomic E-state index is 13.3. The van der Waals surface area contributed by atoms with Gasteiger partial charge in [-0.25, -0.2) is 0 Å². The van der Waals surface area contributed by atoms with Crippen molar-refractivity contribution in [1.82, 2.24) is 0 Å². The number of furan rings is 1. The van der Waals surface area contributed by atoms with Crippen LogP contribution in [-0.4, -0.2) is 0 Å².